The van der Waals surface area contributed by atoms with Crippen LogP contribution in [0.25, 0.3) is 76.8 Å². The lowest BCUT2D eigenvalue weighted by Crippen LogP contribution is -2.11. The van der Waals surface area contributed by atoms with Crippen molar-refractivity contribution in [2.45, 2.75) is 177 Å². The quantitative estimate of drug-likeness (QED) is 0.126. The van der Waals surface area contributed by atoms with E-state index in [4.69, 9.17) is 22.1 Å². The van der Waals surface area contributed by atoms with E-state index in [2.05, 4.69) is 29.6 Å². The summed E-state index contributed by atoms with van der Waals surface area (Å²) >= 11 is 0. The highest BCUT2D eigenvalue weighted by Gasteiger charge is 2.21. The number of rotatable bonds is 2. The first-order valence-corrected chi connectivity index (χ1v) is 33.8. The molecule has 0 radical (unpaired) electrons. The average Bonchev–Trinajstić information content (AvgIpc) is 1.51. The van der Waals surface area contributed by atoms with Gasteiger partial charge in [0.05, 0.1) is 60.0 Å². The van der Waals surface area contributed by atoms with Crippen LogP contribution in [0.5, 0.6) is 0 Å². The second-order valence-electron chi connectivity index (χ2n) is 21.2. The van der Waals surface area contributed by atoms with Crippen LogP contribution in [-0.2, 0) is 11.8 Å². The Morgan fingerprint density at radius 1 is 0.304 bits per heavy atom. The number of aryl methyl sites for hydroxylation is 3. The first kappa shape index (κ1) is 90.4. The van der Waals surface area contributed by atoms with Crippen LogP contribution in [0.1, 0.15) is 178 Å². The molecule has 0 bridgehead atoms. The maximum absolute atomic E-state index is 13.5. The Morgan fingerprint density at radius 3 is 1.15 bits per heavy atom. The molecule has 0 spiro atoms. The smallest absolute Gasteiger partial charge is 0.202 e. The summed E-state index contributed by atoms with van der Waals surface area (Å²) in [7, 11) is 0. The molecule has 14 aromatic rings. The van der Waals surface area contributed by atoms with Crippen LogP contribution in [0.15, 0.2) is 172 Å². The van der Waals surface area contributed by atoms with E-state index in [1.165, 1.54) is 82.4 Å². The van der Waals surface area contributed by atoms with Crippen LogP contribution in [0.3, 0.4) is 0 Å². The van der Waals surface area contributed by atoms with Crippen molar-refractivity contribution in [3.8, 4) is 0 Å². The van der Waals surface area contributed by atoms with Crippen molar-refractivity contribution in [3.05, 3.63) is 250 Å². The van der Waals surface area contributed by atoms with Crippen molar-refractivity contribution in [3.63, 3.8) is 0 Å². The molecule has 0 fully saturated rings. The fraction of sp³-hybridized carbons (Fsp3) is 0.317. The van der Waals surface area contributed by atoms with Crippen LogP contribution in [0.2, 0.25) is 0 Å². The van der Waals surface area contributed by atoms with E-state index in [0.717, 1.165) is 57.9 Å². The Hall–Kier alpha value is -9.59. The second-order valence-corrected chi connectivity index (χ2v) is 21.2. The molecule has 0 aliphatic rings. The molecule has 7 aromatic heterocycles. The third kappa shape index (κ3) is 23.2. The van der Waals surface area contributed by atoms with Gasteiger partial charge in [0.1, 0.15) is 17.5 Å². The van der Waals surface area contributed by atoms with Gasteiger partial charge in [0.15, 0.2) is 79.8 Å². The summed E-state index contributed by atoms with van der Waals surface area (Å²) in [4.78, 5) is 0. The molecule has 14 rings (SSSR count). The normalized spacial score (nSPS) is 10.1. The van der Waals surface area contributed by atoms with E-state index in [9.17, 15) is 57.1 Å². The highest BCUT2D eigenvalue weighted by molar-refractivity contribution is 5.83. The van der Waals surface area contributed by atoms with Crippen LogP contribution < -0.4 is 0 Å². The van der Waals surface area contributed by atoms with Crippen molar-refractivity contribution in [1.29, 1.82) is 0 Å². The van der Waals surface area contributed by atoms with Crippen LogP contribution in [0, 0.1) is 96.4 Å². The van der Waals surface area contributed by atoms with Gasteiger partial charge in [-0.3, -0.25) is 0 Å². The summed E-state index contributed by atoms with van der Waals surface area (Å²) in [6, 6.07) is 24.5. The second kappa shape index (κ2) is 44.6. The van der Waals surface area contributed by atoms with Crippen molar-refractivity contribution in [2.75, 3.05) is 0 Å². The van der Waals surface area contributed by atoms with Gasteiger partial charge >= 0.3 is 0 Å². The molecule has 0 saturated carbocycles. The van der Waals surface area contributed by atoms with E-state index >= 15 is 0 Å². The molecule has 102 heavy (non-hydrogen) atoms. The largest absolute Gasteiger partial charge is 0.461 e. The van der Waals surface area contributed by atoms with Gasteiger partial charge in [-0.1, -0.05) is 138 Å². The summed E-state index contributed by atoms with van der Waals surface area (Å²) in [6.45, 7) is 44.5. The van der Waals surface area contributed by atoms with E-state index < -0.39 is 58.2 Å². The number of benzene rings is 7. The summed E-state index contributed by atoms with van der Waals surface area (Å²) in [5, 5.41) is 3.22. The Morgan fingerprint density at radius 2 is 0.667 bits per heavy atom. The van der Waals surface area contributed by atoms with Crippen LogP contribution >= 0.6 is 0 Å². The predicted octanol–water partition coefficient (Wildman–Crippen LogP) is 29.9. The number of furan rings is 7. The Labute approximate surface area is 589 Å². The SMILES string of the molecule is CC.CC.CC.CC.CC.CC.CC.CC(C)(C)c1cc(F)c2occc2c1.CC(C)c1cc(F)c2occc2c1.CCc1cc(F)c2occc2c1.Cc1c(F)c(F)c2occc2c1F.Cc1cc(F)c2occc2c1F.Cc1cc2ccoc2c(F)c1F.Fc1cc(F)c2ccoc2c1F. The lowest BCUT2D eigenvalue weighted by molar-refractivity contribution is 0.476. The highest BCUT2D eigenvalue weighted by atomic mass is 19.2. The maximum atomic E-state index is 13.5. The van der Waals surface area contributed by atoms with Crippen LogP contribution in [-0.4, -0.2) is 0 Å². The Bertz CT molecular complexity index is 4620. The third-order valence-corrected chi connectivity index (χ3v) is 13.7. The van der Waals surface area contributed by atoms with Gasteiger partial charge in [0, 0.05) is 33.2 Å². The van der Waals surface area contributed by atoms with E-state index in [-0.39, 0.29) is 66.9 Å². The fourth-order valence-electron chi connectivity index (χ4n) is 8.79. The minimum atomic E-state index is -1.24. The average molecular weight is 1440 g/mol. The van der Waals surface area contributed by atoms with Crippen molar-refractivity contribution in [1.82, 2.24) is 0 Å². The minimum absolute atomic E-state index is 0.0156. The van der Waals surface area contributed by atoms with Gasteiger partial charge in [-0.2, -0.15) is 13.2 Å². The lowest BCUT2D eigenvalue weighted by Gasteiger charge is -2.18. The molecule has 7 heterocycles. The van der Waals surface area contributed by atoms with E-state index in [0.29, 0.717) is 45.2 Å². The van der Waals surface area contributed by atoms with Crippen LogP contribution in [0.4, 0.5) is 57.1 Å². The molecule has 556 valence electrons. The van der Waals surface area contributed by atoms with Gasteiger partial charge in [0.2, 0.25) is 17.5 Å². The van der Waals surface area contributed by atoms with Gasteiger partial charge in [0.25, 0.3) is 0 Å². The molecule has 0 atom stereocenters. The van der Waals surface area contributed by atoms with Gasteiger partial charge in [-0.05, 0) is 157 Å². The third-order valence-electron chi connectivity index (χ3n) is 13.7. The van der Waals surface area contributed by atoms with Gasteiger partial charge in [-0.25, -0.2) is 43.9 Å². The standard InChI is InChI=1S/C12H13FO.C11H11FO.C10H9FO.C9H5F3O.2C9H6F2O.C8H3F3O.7C2H6/c1-12(2,3)9-6-8-4-5-14-11(8)10(13)7-9;1-7(2)9-5-8-3-4-13-11(8)10(12)6-9;1-2-7-5-8-3-4-12-10(8)9(11)6-7;1-4-6(10)5-2-3-13-9(5)8(12)7(4)11;1-5-4-7(10)9-6(8(5)11)2-3-12-9;1-5-4-6-2-3-12-9(6)8(11)7(5)10;9-5-3-6(10)7(11)8-4(5)1-2-12-8;7*1-2/h4-7H,1-3H3;3-7H,1-2H3;3-6H,2H2,1H3;2-3H,1H3;2*2-4H,1H3;1-3H;7*1-2H3. The number of halogens is 13. The van der Waals surface area contributed by atoms with Crippen molar-refractivity contribution in [2.24, 2.45) is 0 Å². The number of fused-ring (bicyclic) bond motifs is 7. The van der Waals surface area contributed by atoms with Crippen molar-refractivity contribution >= 4 is 76.8 Å². The summed E-state index contributed by atoms with van der Waals surface area (Å²) < 4.78 is 203. The van der Waals surface area contributed by atoms with E-state index in [1.54, 1.807) is 36.4 Å². The molecule has 0 aliphatic heterocycles. The molecule has 0 amide bonds. The molecular formula is C82H95F13O7. The predicted molar refractivity (Wildman–Crippen MR) is 389 cm³/mol. The maximum Gasteiger partial charge on any atom is 0.202 e. The summed E-state index contributed by atoms with van der Waals surface area (Å²) in [5.74, 6) is -9.49. The van der Waals surface area contributed by atoms with Gasteiger partial charge < -0.3 is 30.9 Å². The molecule has 0 N–H and O–H groups in total. The fourth-order valence-corrected chi connectivity index (χ4v) is 8.79. The molecule has 0 saturated heterocycles. The van der Waals surface area contributed by atoms with Gasteiger partial charge in [-0.15, -0.1) is 0 Å². The summed E-state index contributed by atoms with van der Waals surface area (Å²) in [6.07, 6.45) is 10.2. The Balaban J connectivity index is 0.000000578. The molecule has 0 aliphatic carbocycles. The molecule has 7 aromatic carbocycles. The number of hydrogen-bond acceptors (Lipinski definition) is 7. The monoisotopic (exact) mass is 1440 g/mol. The molecular weight excluding hydrogens is 1340 g/mol. The molecule has 0 unspecified atom stereocenters. The number of hydrogen-bond donors (Lipinski definition) is 0. The topological polar surface area (TPSA) is 92.0 Å². The molecule has 20 heteroatoms. The Kier molecular flexibility index (Phi) is 39.6. The lowest BCUT2D eigenvalue weighted by atomic mass is 9.86. The van der Waals surface area contributed by atoms with E-state index in [1.807, 2.05) is 136 Å². The zero-order chi connectivity index (χ0) is 78.1. The highest BCUT2D eigenvalue weighted by Crippen LogP contribution is 2.32. The van der Waals surface area contributed by atoms with Crippen molar-refractivity contribution < 1.29 is 88.0 Å². The molecule has 7 nitrogen and oxygen atoms in total. The zero-order valence-electron chi connectivity index (χ0n) is 62.3. The first-order valence-electron chi connectivity index (χ1n) is 33.8. The zero-order valence-corrected chi connectivity index (χ0v) is 62.3. The first-order chi connectivity index (χ1) is 48.7. The minimum Gasteiger partial charge on any atom is -0.461 e. The summed E-state index contributed by atoms with van der Waals surface area (Å²) in [5.41, 5.74) is 3.48.